The molecule has 29 heavy (non-hydrogen) atoms. The SMILES string of the molecule is O=C1CCCN1Cc1cccc(NC(=O)C2(c3cccc(Cl)c3)CCCCC2)c1. The topological polar surface area (TPSA) is 49.4 Å². The van der Waals surface area contributed by atoms with E-state index in [1.54, 1.807) is 0 Å². The fourth-order valence-corrected chi connectivity index (χ4v) is 4.87. The molecular weight excluding hydrogens is 384 g/mol. The molecule has 1 N–H and O–H groups in total. The van der Waals surface area contributed by atoms with Gasteiger partial charge in [0.25, 0.3) is 0 Å². The molecule has 1 heterocycles. The van der Waals surface area contributed by atoms with Crippen molar-refractivity contribution in [2.45, 2.75) is 56.9 Å². The van der Waals surface area contributed by atoms with Gasteiger partial charge < -0.3 is 10.2 Å². The monoisotopic (exact) mass is 410 g/mol. The summed E-state index contributed by atoms with van der Waals surface area (Å²) in [5.74, 6) is 0.246. The van der Waals surface area contributed by atoms with Crippen molar-refractivity contribution in [2.24, 2.45) is 0 Å². The number of nitrogens with zero attached hydrogens (tertiary/aromatic N) is 1. The average Bonchev–Trinajstić information content (AvgIpc) is 3.13. The van der Waals surface area contributed by atoms with Crippen LogP contribution in [0.25, 0.3) is 0 Å². The summed E-state index contributed by atoms with van der Waals surface area (Å²) in [5.41, 5.74) is 2.29. The van der Waals surface area contributed by atoms with Gasteiger partial charge in [0.1, 0.15) is 0 Å². The first kappa shape index (κ1) is 20.0. The highest BCUT2D eigenvalue weighted by Crippen LogP contribution is 2.41. The molecule has 2 aromatic carbocycles. The van der Waals surface area contributed by atoms with Crippen molar-refractivity contribution in [3.8, 4) is 0 Å². The molecular formula is C24H27ClN2O2. The lowest BCUT2D eigenvalue weighted by atomic mass is 9.68. The molecule has 2 aliphatic rings. The number of carbonyl (C=O) groups excluding carboxylic acids is 2. The lowest BCUT2D eigenvalue weighted by molar-refractivity contribution is -0.128. The summed E-state index contributed by atoms with van der Waals surface area (Å²) in [5, 5.41) is 3.83. The van der Waals surface area contributed by atoms with E-state index in [2.05, 4.69) is 5.32 Å². The third-order valence-electron chi connectivity index (χ3n) is 6.25. The van der Waals surface area contributed by atoms with Crippen LogP contribution in [-0.2, 0) is 21.5 Å². The molecule has 4 nitrogen and oxygen atoms in total. The van der Waals surface area contributed by atoms with E-state index in [0.717, 1.165) is 61.9 Å². The largest absolute Gasteiger partial charge is 0.338 e. The highest BCUT2D eigenvalue weighted by molar-refractivity contribution is 6.30. The normalized spacial score (nSPS) is 18.7. The van der Waals surface area contributed by atoms with Gasteiger partial charge in [-0.2, -0.15) is 0 Å². The second-order valence-corrected chi connectivity index (χ2v) is 8.66. The van der Waals surface area contributed by atoms with Crippen LogP contribution < -0.4 is 5.32 Å². The first-order valence-corrected chi connectivity index (χ1v) is 10.9. The first-order valence-electron chi connectivity index (χ1n) is 10.5. The Bertz CT molecular complexity index is 905. The smallest absolute Gasteiger partial charge is 0.235 e. The Labute approximate surface area is 177 Å². The van der Waals surface area contributed by atoms with Gasteiger partial charge >= 0.3 is 0 Å². The number of likely N-dealkylation sites (tertiary alicyclic amines) is 1. The second kappa shape index (κ2) is 8.58. The molecule has 1 saturated carbocycles. The van der Waals surface area contributed by atoms with Crippen molar-refractivity contribution < 1.29 is 9.59 Å². The molecule has 0 atom stereocenters. The molecule has 1 aliphatic heterocycles. The van der Waals surface area contributed by atoms with Crippen LogP contribution in [-0.4, -0.2) is 23.3 Å². The molecule has 152 valence electrons. The maximum Gasteiger partial charge on any atom is 0.235 e. The minimum atomic E-state index is -0.538. The van der Waals surface area contributed by atoms with Gasteiger partial charge in [-0.05, 0) is 54.7 Å². The highest BCUT2D eigenvalue weighted by atomic mass is 35.5. The average molecular weight is 411 g/mol. The number of carbonyl (C=O) groups is 2. The van der Waals surface area contributed by atoms with E-state index in [-0.39, 0.29) is 11.8 Å². The Hall–Kier alpha value is -2.33. The van der Waals surface area contributed by atoms with Gasteiger partial charge in [-0.1, -0.05) is 55.1 Å². The Morgan fingerprint density at radius 1 is 1.03 bits per heavy atom. The molecule has 2 aromatic rings. The molecule has 0 radical (unpaired) electrons. The standard InChI is InChI=1S/C24H27ClN2O2/c25-20-9-5-8-19(16-20)24(12-2-1-3-13-24)23(29)26-21-10-4-7-18(15-21)17-27-14-6-11-22(27)28/h4-5,7-10,15-16H,1-3,6,11-14,17H2,(H,26,29). The molecule has 0 bridgehead atoms. The number of hydrogen-bond donors (Lipinski definition) is 1. The van der Waals surface area contributed by atoms with Crippen molar-refractivity contribution in [2.75, 3.05) is 11.9 Å². The fraction of sp³-hybridized carbons (Fsp3) is 0.417. The first-order chi connectivity index (χ1) is 14.1. The summed E-state index contributed by atoms with van der Waals surface area (Å²) in [4.78, 5) is 27.3. The van der Waals surface area contributed by atoms with Crippen molar-refractivity contribution in [3.63, 3.8) is 0 Å². The zero-order valence-electron chi connectivity index (χ0n) is 16.6. The Morgan fingerprint density at radius 2 is 1.83 bits per heavy atom. The van der Waals surface area contributed by atoms with Crippen LogP contribution >= 0.6 is 11.6 Å². The number of nitrogens with one attached hydrogen (secondary N) is 1. The predicted molar refractivity (Wildman–Crippen MR) is 116 cm³/mol. The third-order valence-corrected chi connectivity index (χ3v) is 6.48. The van der Waals surface area contributed by atoms with Gasteiger partial charge in [-0.3, -0.25) is 9.59 Å². The number of amides is 2. The molecule has 0 unspecified atom stereocenters. The molecule has 1 aliphatic carbocycles. The molecule has 2 amide bonds. The van der Waals surface area contributed by atoms with Crippen LogP contribution in [0.5, 0.6) is 0 Å². The minimum Gasteiger partial charge on any atom is -0.338 e. The summed E-state index contributed by atoms with van der Waals surface area (Å²) in [6.07, 6.45) is 6.47. The van der Waals surface area contributed by atoms with Crippen LogP contribution in [0.2, 0.25) is 5.02 Å². The lowest BCUT2D eigenvalue weighted by Crippen LogP contribution is -2.42. The predicted octanol–water partition coefficient (Wildman–Crippen LogP) is 5.30. The van der Waals surface area contributed by atoms with Crippen molar-refractivity contribution in [1.82, 2.24) is 4.90 Å². The molecule has 4 rings (SSSR count). The van der Waals surface area contributed by atoms with E-state index in [1.807, 2.05) is 53.4 Å². The van der Waals surface area contributed by atoms with E-state index < -0.39 is 5.41 Å². The van der Waals surface area contributed by atoms with Crippen LogP contribution in [0.15, 0.2) is 48.5 Å². The van der Waals surface area contributed by atoms with E-state index in [4.69, 9.17) is 11.6 Å². The number of benzene rings is 2. The number of anilines is 1. The van der Waals surface area contributed by atoms with E-state index >= 15 is 0 Å². The second-order valence-electron chi connectivity index (χ2n) is 8.23. The third kappa shape index (κ3) is 4.32. The van der Waals surface area contributed by atoms with Crippen molar-refractivity contribution in [3.05, 3.63) is 64.7 Å². The maximum atomic E-state index is 13.5. The van der Waals surface area contributed by atoms with Crippen molar-refractivity contribution >= 4 is 29.1 Å². The number of halogens is 1. The van der Waals surface area contributed by atoms with Crippen LogP contribution in [0.1, 0.15) is 56.1 Å². The Morgan fingerprint density at radius 3 is 2.55 bits per heavy atom. The van der Waals surface area contributed by atoms with Gasteiger partial charge in [-0.25, -0.2) is 0 Å². The molecule has 1 saturated heterocycles. The number of rotatable bonds is 5. The fourth-order valence-electron chi connectivity index (χ4n) is 4.68. The number of hydrogen-bond acceptors (Lipinski definition) is 2. The summed E-state index contributed by atoms with van der Waals surface area (Å²) >= 11 is 6.24. The Balaban J connectivity index is 1.55. The van der Waals surface area contributed by atoms with Gasteiger partial charge in [0.05, 0.1) is 5.41 Å². The summed E-state index contributed by atoms with van der Waals surface area (Å²) in [6.45, 7) is 1.41. The van der Waals surface area contributed by atoms with Gasteiger partial charge in [-0.15, -0.1) is 0 Å². The van der Waals surface area contributed by atoms with E-state index in [0.29, 0.717) is 18.0 Å². The molecule has 5 heteroatoms. The van der Waals surface area contributed by atoms with E-state index in [9.17, 15) is 9.59 Å². The Kier molecular flexibility index (Phi) is 5.91. The zero-order valence-corrected chi connectivity index (χ0v) is 17.4. The van der Waals surface area contributed by atoms with Crippen LogP contribution in [0, 0.1) is 0 Å². The van der Waals surface area contributed by atoms with E-state index in [1.165, 1.54) is 0 Å². The quantitative estimate of drug-likeness (QED) is 0.726. The maximum absolute atomic E-state index is 13.5. The molecule has 0 aromatic heterocycles. The van der Waals surface area contributed by atoms with Crippen LogP contribution in [0.3, 0.4) is 0 Å². The highest BCUT2D eigenvalue weighted by Gasteiger charge is 2.41. The van der Waals surface area contributed by atoms with Crippen molar-refractivity contribution in [1.29, 1.82) is 0 Å². The minimum absolute atomic E-state index is 0.0360. The summed E-state index contributed by atoms with van der Waals surface area (Å²) < 4.78 is 0. The zero-order chi connectivity index (χ0) is 20.3. The van der Waals surface area contributed by atoms with Gasteiger partial charge in [0.2, 0.25) is 11.8 Å². The lowest BCUT2D eigenvalue weighted by Gasteiger charge is -2.36. The molecule has 0 spiro atoms. The summed E-state index contributed by atoms with van der Waals surface area (Å²) in [7, 11) is 0. The van der Waals surface area contributed by atoms with Gasteiger partial charge in [0.15, 0.2) is 0 Å². The summed E-state index contributed by atoms with van der Waals surface area (Å²) in [6, 6.07) is 15.6. The van der Waals surface area contributed by atoms with Gasteiger partial charge in [0, 0.05) is 30.2 Å². The van der Waals surface area contributed by atoms with Crippen LogP contribution in [0.4, 0.5) is 5.69 Å². The molecule has 2 fully saturated rings.